The number of hydrogen-bond donors (Lipinski definition) is 0. The predicted octanol–water partition coefficient (Wildman–Crippen LogP) is 4.77. The molecule has 2 unspecified atom stereocenters. The zero-order valence-electron chi connectivity index (χ0n) is 17.9. The Labute approximate surface area is 170 Å². The van der Waals surface area contributed by atoms with Gasteiger partial charge in [-0.3, -0.25) is 4.79 Å². The lowest BCUT2D eigenvalue weighted by Gasteiger charge is -2.41. The van der Waals surface area contributed by atoms with Crippen molar-refractivity contribution in [2.45, 2.75) is 70.5 Å². The molecular weight excluding hydrogens is 350 g/mol. The Hall–Kier alpha value is -1.39. The van der Waals surface area contributed by atoms with E-state index in [-0.39, 0.29) is 12.1 Å². The first-order chi connectivity index (χ1) is 13.5. The number of hydrogen-bond acceptors (Lipinski definition) is 4. The molecule has 0 amide bonds. The summed E-state index contributed by atoms with van der Waals surface area (Å²) in [5, 5.41) is 0. The molecule has 1 aliphatic carbocycles. The largest absolute Gasteiger partial charge is 0.452 e. The van der Waals surface area contributed by atoms with Gasteiger partial charge < -0.3 is 14.4 Å². The van der Waals surface area contributed by atoms with Crippen molar-refractivity contribution >= 4 is 5.97 Å². The van der Waals surface area contributed by atoms with Crippen molar-refractivity contribution in [3.63, 3.8) is 0 Å². The highest BCUT2D eigenvalue weighted by molar-refractivity contribution is 5.67. The molecule has 0 bridgehead atoms. The standard InChI is InChI=1S/C24H37NO3/c1-4-23(20-14-16-25(3)17-15-20)27-18-24(28-19(2)26,22-12-8-9-13-22)21-10-6-5-7-11-21/h5-7,10-11,20,22-23H,4,8-9,12-18H2,1-3H3. The number of nitrogens with zero attached hydrogens (tertiary/aromatic N) is 1. The van der Waals surface area contributed by atoms with E-state index in [1.54, 1.807) is 0 Å². The van der Waals surface area contributed by atoms with Crippen molar-refractivity contribution in [2.75, 3.05) is 26.7 Å². The van der Waals surface area contributed by atoms with Crippen LogP contribution in [-0.4, -0.2) is 43.7 Å². The van der Waals surface area contributed by atoms with Gasteiger partial charge in [-0.1, -0.05) is 50.1 Å². The van der Waals surface area contributed by atoms with Crippen molar-refractivity contribution in [1.29, 1.82) is 0 Å². The van der Waals surface area contributed by atoms with Crippen molar-refractivity contribution in [1.82, 2.24) is 4.90 Å². The molecule has 0 aromatic heterocycles. The minimum atomic E-state index is -0.664. The monoisotopic (exact) mass is 387 g/mol. The fraction of sp³-hybridized carbons (Fsp3) is 0.708. The summed E-state index contributed by atoms with van der Waals surface area (Å²) >= 11 is 0. The van der Waals surface area contributed by atoms with Gasteiger partial charge in [0.1, 0.15) is 0 Å². The number of piperidine rings is 1. The van der Waals surface area contributed by atoms with Gasteiger partial charge in [0.05, 0.1) is 12.7 Å². The second-order valence-corrected chi connectivity index (χ2v) is 8.73. The van der Waals surface area contributed by atoms with Crippen LogP contribution in [0.5, 0.6) is 0 Å². The van der Waals surface area contributed by atoms with Crippen LogP contribution in [0.3, 0.4) is 0 Å². The fourth-order valence-corrected chi connectivity index (χ4v) is 5.20. The van der Waals surface area contributed by atoms with Crippen LogP contribution in [0.1, 0.15) is 64.4 Å². The van der Waals surface area contributed by atoms with E-state index in [0.29, 0.717) is 18.4 Å². The smallest absolute Gasteiger partial charge is 0.303 e. The molecule has 0 spiro atoms. The van der Waals surface area contributed by atoms with Gasteiger partial charge in [0.2, 0.25) is 0 Å². The SMILES string of the molecule is CCC(OCC(OC(C)=O)(c1ccccc1)C1CCCC1)C1CCN(C)CC1. The molecule has 4 heteroatoms. The van der Waals surface area contributed by atoms with Crippen molar-refractivity contribution in [3.05, 3.63) is 35.9 Å². The maximum Gasteiger partial charge on any atom is 0.303 e. The zero-order chi connectivity index (χ0) is 20.0. The van der Waals surface area contributed by atoms with E-state index in [9.17, 15) is 4.79 Å². The number of carbonyl (C=O) groups is 1. The van der Waals surface area contributed by atoms with Gasteiger partial charge in [-0.25, -0.2) is 0 Å². The first kappa shape index (κ1) is 21.3. The highest BCUT2D eigenvalue weighted by Crippen LogP contribution is 2.44. The lowest BCUT2D eigenvalue weighted by atomic mass is 9.80. The molecule has 1 aliphatic heterocycles. The molecule has 2 atom stereocenters. The Morgan fingerprint density at radius 2 is 1.79 bits per heavy atom. The Balaban J connectivity index is 1.82. The summed E-state index contributed by atoms with van der Waals surface area (Å²) in [7, 11) is 2.19. The van der Waals surface area contributed by atoms with Crippen LogP contribution in [0.2, 0.25) is 0 Å². The molecule has 3 rings (SSSR count). The molecule has 1 saturated heterocycles. The molecule has 2 fully saturated rings. The summed E-state index contributed by atoms with van der Waals surface area (Å²) in [5.41, 5.74) is 0.415. The second kappa shape index (κ2) is 9.89. The van der Waals surface area contributed by atoms with Gasteiger partial charge in [-0.15, -0.1) is 0 Å². The van der Waals surface area contributed by atoms with E-state index in [0.717, 1.165) is 37.9 Å². The third-order valence-electron chi connectivity index (χ3n) is 6.81. The van der Waals surface area contributed by atoms with Gasteiger partial charge in [0.25, 0.3) is 0 Å². The zero-order valence-corrected chi connectivity index (χ0v) is 17.9. The normalized spacial score (nSPS) is 22.7. The molecule has 28 heavy (non-hydrogen) atoms. The molecule has 1 aromatic rings. The minimum absolute atomic E-state index is 0.216. The second-order valence-electron chi connectivity index (χ2n) is 8.73. The summed E-state index contributed by atoms with van der Waals surface area (Å²) in [6, 6.07) is 10.3. The molecule has 156 valence electrons. The summed E-state index contributed by atoms with van der Waals surface area (Å²) in [6.45, 7) is 6.49. The van der Waals surface area contributed by atoms with E-state index in [2.05, 4.69) is 31.0 Å². The third kappa shape index (κ3) is 4.96. The van der Waals surface area contributed by atoms with Gasteiger partial charge in [0, 0.05) is 12.8 Å². The first-order valence-corrected chi connectivity index (χ1v) is 11.1. The molecule has 1 saturated carbocycles. The van der Waals surface area contributed by atoms with Gasteiger partial charge in [-0.2, -0.15) is 0 Å². The molecule has 1 aromatic carbocycles. The lowest BCUT2D eigenvalue weighted by molar-refractivity contribution is -0.183. The summed E-state index contributed by atoms with van der Waals surface area (Å²) in [4.78, 5) is 14.6. The first-order valence-electron chi connectivity index (χ1n) is 11.1. The average molecular weight is 388 g/mol. The molecule has 0 radical (unpaired) electrons. The van der Waals surface area contributed by atoms with Crippen LogP contribution >= 0.6 is 0 Å². The fourth-order valence-electron chi connectivity index (χ4n) is 5.20. The molecule has 1 heterocycles. The number of carbonyl (C=O) groups excluding carboxylic acids is 1. The van der Waals surface area contributed by atoms with Crippen LogP contribution in [0.15, 0.2) is 30.3 Å². The molecule has 2 aliphatic rings. The van der Waals surface area contributed by atoms with Crippen LogP contribution < -0.4 is 0 Å². The highest BCUT2D eigenvalue weighted by Gasteiger charge is 2.46. The number of rotatable bonds is 8. The van der Waals surface area contributed by atoms with Crippen LogP contribution in [0.25, 0.3) is 0 Å². The summed E-state index contributed by atoms with van der Waals surface area (Å²) in [5.74, 6) is 0.705. The topological polar surface area (TPSA) is 38.8 Å². The summed E-state index contributed by atoms with van der Waals surface area (Å²) in [6.07, 6.45) is 8.19. The van der Waals surface area contributed by atoms with E-state index in [4.69, 9.17) is 9.47 Å². The van der Waals surface area contributed by atoms with E-state index in [1.165, 1.54) is 32.6 Å². The van der Waals surface area contributed by atoms with Crippen molar-refractivity contribution in [2.24, 2.45) is 11.8 Å². The highest BCUT2D eigenvalue weighted by atomic mass is 16.6. The van der Waals surface area contributed by atoms with Gasteiger partial charge in [-0.05, 0) is 63.7 Å². The number of likely N-dealkylation sites (tertiary alicyclic amines) is 1. The number of ether oxygens (including phenoxy) is 2. The Bertz CT molecular complexity index is 606. The van der Waals surface area contributed by atoms with Crippen LogP contribution in [0.4, 0.5) is 0 Å². The predicted molar refractivity (Wildman–Crippen MR) is 112 cm³/mol. The number of esters is 1. The van der Waals surface area contributed by atoms with Crippen molar-refractivity contribution in [3.8, 4) is 0 Å². The maximum atomic E-state index is 12.2. The van der Waals surface area contributed by atoms with E-state index < -0.39 is 5.60 Å². The third-order valence-corrected chi connectivity index (χ3v) is 6.81. The number of benzene rings is 1. The lowest BCUT2D eigenvalue weighted by Crippen LogP contribution is -2.45. The Morgan fingerprint density at radius 3 is 2.36 bits per heavy atom. The Kier molecular flexibility index (Phi) is 7.53. The van der Waals surface area contributed by atoms with Crippen molar-refractivity contribution < 1.29 is 14.3 Å². The van der Waals surface area contributed by atoms with Crippen LogP contribution in [0, 0.1) is 11.8 Å². The van der Waals surface area contributed by atoms with Gasteiger partial charge in [0.15, 0.2) is 5.60 Å². The molecule has 4 nitrogen and oxygen atoms in total. The van der Waals surface area contributed by atoms with Crippen LogP contribution in [-0.2, 0) is 19.9 Å². The Morgan fingerprint density at radius 1 is 1.14 bits per heavy atom. The minimum Gasteiger partial charge on any atom is -0.452 e. The maximum absolute atomic E-state index is 12.2. The molecule has 0 N–H and O–H groups in total. The quantitative estimate of drug-likeness (QED) is 0.602. The van der Waals surface area contributed by atoms with E-state index in [1.807, 2.05) is 18.2 Å². The van der Waals surface area contributed by atoms with Gasteiger partial charge >= 0.3 is 5.97 Å². The molecular formula is C24H37NO3. The van der Waals surface area contributed by atoms with E-state index >= 15 is 0 Å². The summed E-state index contributed by atoms with van der Waals surface area (Å²) < 4.78 is 12.7. The average Bonchev–Trinajstić information content (AvgIpc) is 3.24.